The van der Waals surface area contributed by atoms with Crippen molar-refractivity contribution in [2.45, 2.75) is 45.6 Å². The number of hydrogen-bond donors (Lipinski definition) is 0. The third kappa shape index (κ3) is 3.29. The van der Waals surface area contributed by atoms with Crippen molar-refractivity contribution < 1.29 is 9.53 Å². The fraction of sp³-hybridized carbons (Fsp3) is 0.929. The summed E-state index contributed by atoms with van der Waals surface area (Å²) < 4.78 is 5.41. The number of ketones is 1. The maximum atomic E-state index is 12.0. The lowest BCUT2D eigenvalue weighted by atomic mass is 9.71. The first kappa shape index (κ1) is 13.0. The van der Waals surface area contributed by atoms with Crippen LogP contribution in [0.5, 0.6) is 0 Å². The summed E-state index contributed by atoms with van der Waals surface area (Å²) in [6, 6.07) is 0.521. The number of ether oxygens (including phenoxy) is 1. The number of hydrogen-bond acceptors (Lipinski definition) is 3. The third-order valence-electron chi connectivity index (χ3n) is 4.34. The van der Waals surface area contributed by atoms with Gasteiger partial charge < -0.3 is 9.64 Å². The highest BCUT2D eigenvalue weighted by atomic mass is 16.5. The smallest absolute Gasteiger partial charge is 0.137 e. The minimum absolute atomic E-state index is 0.240. The van der Waals surface area contributed by atoms with E-state index in [0.29, 0.717) is 17.2 Å². The highest BCUT2D eigenvalue weighted by Gasteiger charge is 2.35. The van der Waals surface area contributed by atoms with Gasteiger partial charge in [0, 0.05) is 31.5 Å². The van der Waals surface area contributed by atoms with Crippen molar-refractivity contribution in [2.24, 2.45) is 11.3 Å². The topological polar surface area (TPSA) is 29.5 Å². The molecule has 98 valence electrons. The minimum Gasteiger partial charge on any atom is -0.380 e. The van der Waals surface area contributed by atoms with E-state index in [-0.39, 0.29) is 5.92 Å². The van der Waals surface area contributed by atoms with Gasteiger partial charge in [0.2, 0.25) is 0 Å². The number of carbonyl (C=O) groups is 1. The molecule has 1 saturated carbocycles. The first-order valence-electron chi connectivity index (χ1n) is 6.79. The number of carbonyl (C=O) groups excluding carboxylic acids is 1. The van der Waals surface area contributed by atoms with Crippen molar-refractivity contribution in [3.63, 3.8) is 0 Å². The molecule has 2 aliphatic rings. The lowest BCUT2D eigenvalue weighted by Gasteiger charge is -2.37. The predicted octanol–water partition coefficient (Wildman–Crippen LogP) is 2.10. The second kappa shape index (κ2) is 5.07. The highest BCUT2D eigenvalue weighted by Crippen LogP contribution is 2.37. The van der Waals surface area contributed by atoms with Gasteiger partial charge >= 0.3 is 0 Å². The molecule has 2 unspecified atom stereocenters. The summed E-state index contributed by atoms with van der Waals surface area (Å²) in [7, 11) is 2.13. The molecular weight excluding hydrogens is 214 g/mol. The van der Waals surface area contributed by atoms with Gasteiger partial charge in [-0.1, -0.05) is 13.8 Å². The normalized spacial score (nSPS) is 33.3. The van der Waals surface area contributed by atoms with Crippen LogP contribution >= 0.6 is 0 Å². The van der Waals surface area contributed by atoms with Crippen LogP contribution < -0.4 is 0 Å². The van der Waals surface area contributed by atoms with Gasteiger partial charge in [0.15, 0.2) is 0 Å². The molecule has 3 nitrogen and oxygen atoms in total. The van der Waals surface area contributed by atoms with E-state index in [4.69, 9.17) is 4.74 Å². The molecule has 0 aromatic rings. The Morgan fingerprint density at radius 1 is 1.47 bits per heavy atom. The van der Waals surface area contributed by atoms with Crippen molar-refractivity contribution in [2.75, 3.05) is 26.8 Å². The monoisotopic (exact) mass is 239 g/mol. The Kier molecular flexibility index (Phi) is 3.88. The number of nitrogens with zero attached hydrogens (tertiary/aromatic N) is 1. The molecular formula is C14H25NO2. The molecule has 1 aliphatic heterocycles. The predicted molar refractivity (Wildman–Crippen MR) is 68.0 cm³/mol. The van der Waals surface area contributed by atoms with Crippen LogP contribution in [0, 0.1) is 11.3 Å². The second-order valence-electron chi connectivity index (χ2n) is 6.49. The zero-order valence-electron chi connectivity index (χ0n) is 11.4. The largest absolute Gasteiger partial charge is 0.380 e. The van der Waals surface area contributed by atoms with Crippen LogP contribution in [0.2, 0.25) is 0 Å². The van der Waals surface area contributed by atoms with Gasteiger partial charge in [-0.2, -0.15) is 0 Å². The molecule has 1 saturated heterocycles. The van der Waals surface area contributed by atoms with Gasteiger partial charge in [-0.3, -0.25) is 4.79 Å². The molecule has 2 atom stereocenters. The van der Waals surface area contributed by atoms with E-state index in [1.165, 1.54) is 0 Å². The van der Waals surface area contributed by atoms with Crippen LogP contribution in [-0.4, -0.2) is 43.5 Å². The summed E-state index contributed by atoms with van der Waals surface area (Å²) in [5.74, 6) is 0.708. The molecule has 3 heteroatoms. The Hall–Kier alpha value is -0.410. The Morgan fingerprint density at radius 2 is 2.24 bits per heavy atom. The van der Waals surface area contributed by atoms with Crippen molar-refractivity contribution in [3.8, 4) is 0 Å². The van der Waals surface area contributed by atoms with Crippen molar-refractivity contribution in [3.05, 3.63) is 0 Å². The molecule has 2 rings (SSSR count). The summed E-state index contributed by atoms with van der Waals surface area (Å²) in [5.41, 5.74) is 0.339. The maximum absolute atomic E-state index is 12.0. The Bertz CT molecular complexity index is 282. The molecule has 17 heavy (non-hydrogen) atoms. The third-order valence-corrected chi connectivity index (χ3v) is 4.34. The molecule has 0 spiro atoms. The van der Waals surface area contributed by atoms with E-state index >= 15 is 0 Å². The summed E-state index contributed by atoms with van der Waals surface area (Å²) in [6.07, 6.45) is 3.98. The molecule has 0 aromatic carbocycles. The van der Waals surface area contributed by atoms with Gasteiger partial charge in [0.05, 0.1) is 6.61 Å². The summed E-state index contributed by atoms with van der Waals surface area (Å²) in [4.78, 5) is 14.3. The highest BCUT2D eigenvalue weighted by molar-refractivity contribution is 5.82. The fourth-order valence-electron chi connectivity index (χ4n) is 3.08. The fourth-order valence-corrected chi connectivity index (χ4v) is 3.08. The Balaban J connectivity index is 1.89. The van der Waals surface area contributed by atoms with Gasteiger partial charge in [0.1, 0.15) is 5.78 Å². The van der Waals surface area contributed by atoms with Gasteiger partial charge in [0.25, 0.3) is 0 Å². The average molecular weight is 239 g/mol. The summed E-state index contributed by atoms with van der Waals surface area (Å²) in [6.45, 7) is 7.19. The Labute approximate surface area is 105 Å². The lowest BCUT2D eigenvalue weighted by molar-refractivity contribution is -0.127. The number of likely N-dealkylation sites (N-methyl/N-ethyl adjacent to an activating group) is 1. The second-order valence-corrected chi connectivity index (χ2v) is 6.49. The van der Waals surface area contributed by atoms with Gasteiger partial charge in [-0.05, 0) is 31.7 Å². The molecule has 1 heterocycles. The van der Waals surface area contributed by atoms with E-state index in [1.807, 2.05) is 0 Å². The molecule has 0 N–H and O–H groups in total. The van der Waals surface area contributed by atoms with Crippen LogP contribution in [0.1, 0.15) is 39.5 Å². The van der Waals surface area contributed by atoms with Gasteiger partial charge in [-0.25, -0.2) is 0 Å². The van der Waals surface area contributed by atoms with Crippen molar-refractivity contribution >= 4 is 5.78 Å². The SMILES string of the molecule is CN(CC1CC(C)(C)CCC1=O)C1CCOC1. The molecule has 0 amide bonds. The first-order chi connectivity index (χ1) is 7.98. The lowest BCUT2D eigenvalue weighted by Crippen LogP contribution is -2.41. The van der Waals surface area contributed by atoms with Crippen LogP contribution in [0.3, 0.4) is 0 Å². The van der Waals surface area contributed by atoms with Crippen molar-refractivity contribution in [1.82, 2.24) is 4.90 Å². The number of rotatable bonds is 3. The quantitative estimate of drug-likeness (QED) is 0.755. The van der Waals surface area contributed by atoms with Crippen LogP contribution in [0.25, 0.3) is 0 Å². The molecule has 0 radical (unpaired) electrons. The van der Waals surface area contributed by atoms with Gasteiger partial charge in [-0.15, -0.1) is 0 Å². The molecule has 1 aliphatic carbocycles. The standard InChI is InChI=1S/C14H25NO2/c1-14(2)6-4-13(16)11(8-14)9-15(3)12-5-7-17-10-12/h11-12H,4-10H2,1-3H3. The van der Waals surface area contributed by atoms with E-state index in [2.05, 4.69) is 25.8 Å². The first-order valence-corrected chi connectivity index (χ1v) is 6.79. The number of Topliss-reactive ketones (excluding diaryl/α,β-unsaturated/α-hetero) is 1. The zero-order chi connectivity index (χ0) is 12.5. The maximum Gasteiger partial charge on any atom is 0.137 e. The van der Waals surface area contributed by atoms with E-state index in [9.17, 15) is 4.79 Å². The van der Waals surface area contributed by atoms with Crippen LogP contribution in [0.15, 0.2) is 0 Å². The minimum atomic E-state index is 0.240. The summed E-state index contributed by atoms with van der Waals surface area (Å²) >= 11 is 0. The van der Waals surface area contributed by atoms with Crippen molar-refractivity contribution in [1.29, 1.82) is 0 Å². The average Bonchev–Trinajstić information content (AvgIpc) is 2.76. The van der Waals surface area contributed by atoms with Crippen LogP contribution in [-0.2, 0) is 9.53 Å². The molecule has 0 aromatic heterocycles. The van der Waals surface area contributed by atoms with Crippen LogP contribution in [0.4, 0.5) is 0 Å². The molecule has 0 bridgehead atoms. The van der Waals surface area contributed by atoms with E-state index in [1.54, 1.807) is 0 Å². The van der Waals surface area contributed by atoms with E-state index in [0.717, 1.165) is 45.4 Å². The molecule has 2 fully saturated rings. The summed E-state index contributed by atoms with van der Waals surface area (Å²) in [5, 5.41) is 0. The van der Waals surface area contributed by atoms with E-state index < -0.39 is 0 Å². The zero-order valence-corrected chi connectivity index (χ0v) is 11.4. The Morgan fingerprint density at radius 3 is 2.88 bits per heavy atom.